The van der Waals surface area contributed by atoms with Crippen LogP contribution >= 0.6 is 0 Å². The molecule has 11 heteroatoms. The summed E-state index contributed by atoms with van der Waals surface area (Å²) in [6.45, 7) is -0.647. The van der Waals surface area contributed by atoms with Gasteiger partial charge in [-0.2, -0.15) is 13.7 Å². The Morgan fingerprint density at radius 2 is 2.07 bits per heavy atom. The predicted molar refractivity (Wildman–Crippen MR) is 99.7 cm³/mol. The van der Waals surface area contributed by atoms with Gasteiger partial charge in [-0.1, -0.05) is 6.07 Å². The van der Waals surface area contributed by atoms with Crippen LogP contribution in [-0.4, -0.2) is 35.5 Å². The van der Waals surface area contributed by atoms with E-state index in [0.29, 0.717) is 15.6 Å². The molecule has 146 valence electrons. The Kier molecular flexibility index (Phi) is 4.20. The first-order valence-corrected chi connectivity index (χ1v) is 9.64. The van der Waals surface area contributed by atoms with Crippen molar-refractivity contribution in [3.8, 4) is 28.8 Å². The molecule has 1 amide bonds. The lowest BCUT2D eigenvalue weighted by Crippen LogP contribution is -2.30. The fraction of sp³-hybridized carbons (Fsp3) is 0.0556. The quantitative estimate of drug-likeness (QED) is 0.669. The number of nitrogens with one attached hydrogen (secondary N) is 1. The molecular formula is C18H12FN5O4S. The van der Waals surface area contributed by atoms with Gasteiger partial charge >= 0.3 is 10.2 Å². The van der Waals surface area contributed by atoms with Gasteiger partial charge in [0.2, 0.25) is 0 Å². The molecular weight excluding hydrogens is 401 g/mol. The minimum absolute atomic E-state index is 0.0671. The highest BCUT2D eigenvalue weighted by atomic mass is 32.2. The number of carbonyl (C=O) groups excluding carboxylic acids is 1. The number of amides is 1. The second kappa shape index (κ2) is 6.61. The van der Waals surface area contributed by atoms with Gasteiger partial charge in [-0.3, -0.25) is 4.79 Å². The molecule has 2 heterocycles. The van der Waals surface area contributed by atoms with Crippen molar-refractivity contribution < 1.29 is 22.7 Å². The van der Waals surface area contributed by atoms with Gasteiger partial charge in [0, 0.05) is 17.4 Å². The van der Waals surface area contributed by atoms with Gasteiger partial charge in [0.25, 0.3) is 5.91 Å². The Morgan fingerprint density at radius 1 is 1.28 bits per heavy atom. The number of imidazole rings is 1. The molecule has 0 radical (unpaired) electrons. The Hall–Kier alpha value is -3.91. The van der Waals surface area contributed by atoms with Crippen molar-refractivity contribution >= 4 is 21.8 Å². The van der Waals surface area contributed by atoms with Crippen LogP contribution in [0.4, 0.5) is 10.1 Å². The van der Waals surface area contributed by atoms with Crippen molar-refractivity contribution in [2.45, 2.75) is 0 Å². The Labute approximate surface area is 164 Å². The lowest BCUT2D eigenvalue weighted by atomic mass is 10.1. The third-order valence-electron chi connectivity index (χ3n) is 4.30. The monoisotopic (exact) mass is 413 g/mol. The first kappa shape index (κ1) is 18.5. The summed E-state index contributed by atoms with van der Waals surface area (Å²) >= 11 is 0. The summed E-state index contributed by atoms with van der Waals surface area (Å²) < 4.78 is 43.0. The van der Waals surface area contributed by atoms with Crippen LogP contribution < -0.4 is 9.03 Å². The molecule has 0 atom stereocenters. The topological polar surface area (TPSA) is 128 Å². The number of aromatic nitrogens is 2. The highest BCUT2D eigenvalue weighted by molar-refractivity contribution is 7.92. The zero-order chi connectivity index (χ0) is 20.8. The van der Waals surface area contributed by atoms with Crippen molar-refractivity contribution in [1.29, 1.82) is 5.26 Å². The van der Waals surface area contributed by atoms with Crippen molar-refractivity contribution in [3.63, 3.8) is 0 Å². The minimum Gasteiger partial charge on any atom is -0.506 e. The van der Waals surface area contributed by atoms with E-state index in [1.165, 1.54) is 18.6 Å². The van der Waals surface area contributed by atoms with Gasteiger partial charge in [-0.25, -0.2) is 18.4 Å². The number of nitrogens with zero attached hydrogens (tertiary/aromatic N) is 4. The van der Waals surface area contributed by atoms with Crippen LogP contribution in [0.25, 0.3) is 16.9 Å². The third kappa shape index (κ3) is 3.15. The number of hydrogen-bond acceptors (Lipinski definition) is 6. The Morgan fingerprint density at radius 3 is 2.76 bits per heavy atom. The molecule has 4 rings (SSSR count). The van der Waals surface area contributed by atoms with E-state index in [9.17, 15) is 18.3 Å². The summed E-state index contributed by atoms with van der Waals surface area (Å²) in [5.41, 5.74) is 0.526. The normalized spacial score (nSPS) is 15.2. The molecule has 9 nitrogen and oxygen atoms in total. The summed E-state index contributed by atoms with van der Waals surface area (Å²) in [5.74, 6) is -2.51. The molecule has 0 saturated carbocycles. The van der Waals surface area contributed by atoms with Crippen LogP contribution in [0.2, 0.25) is 0 Å². The van der Waals surface area contributed by atoms with Crippen molar-refractivity contribution in [2.75, 3.05) is 10.8 Å². The average molecular weight is 413 g/mol. The SMILES string of the molecule is N#Cc1cccc(-n2cnc(-c3ccc(O)c(N4CC(=O)NS4(=O)=O)c3F)c2)c1. The van der Waals surface area contributed by atoms with E-state index in [0.717, 1.165) is 6.07 Å². The van der Waals surface area contributed by atoms with Crippen LogP contribution in [0, 0.1) is 17.1 Å². The fourth-order valence-electron chi connectivity index (χ4n) is 2.97. The van der Waals surface area contributed by atoms with Gasteiger partial charge in [-0.15, -0.1) is 0 Å². The number of anilines is 1. The lowest BCUT2D eigenvalue weighted by molar-refractivity contribution is -0.117. The van der Waals surface area contributed by atoms with E-state index >= 15 is 4.39 Å². The summed E-state index contributed by atoms with van der Waals surface area (Å²) in [7, 11) is -4.30. The molecule has 0 unspecified atom stereocenters. The molecule has 0 spiro atoms. The van der Waals surface area contributed by atoms with E-state index < -0.39 is 39.9 Å². The van der Waals surface area contributed by atoms with Gasteiger partial charge in [0.15, 0.2) is 5.82 Å². The van der Waals surface area contributed by atoms with Gasteiger partial charge in [0.1, 0.15) is 18.0 Å². The van der Waals surface area contributed by atoms with Crippen molar-refractivity contribution in [3.05, 3.63) is 60.3 Å². The van der Waals surface area contributed by atoms with Crippen LogP contribution in [0.3, 0.4) is 0 Å². The molecule has 1 saturated heterocycles. The number of benzene rings is 2. The first-order valence-electron chi connectivity index (χ1n) is 8.20. The zero-order valence-electron chi connectivity index (χ0n) is 14.6. The van der Waals surface area contributed by atoms with Crippen LogP contribution in [0.1, 0.15) is 5.56 Å². The molecule has 3 aromatic rings. The molecule has 29 heavy (non-hydrogen) atoms. The molecule has 2 N–H and O–H groups in total. The number of phenolic OH excluding ortho intramolecular Hbond substituents is 1. The van der Waals surface area contributed by atoms with E-state index in [1.54, 1.807) is 33.6 Å². The predicted octanol–water partition coefficient (Wildman–Crippen LogP) is 1.44. The Balaban J connectivity index is 1.79. The number of halogens is 1. The third-order valence-corrected chi connectivity index (χ3v) is 5.67. The summed E-state index contributed by atoms with van der Waals surface area (Å²) in [4.78, 5) is 15.6. The molecule has 1 aromatic heterocycles. The average Bonchev–Trinajstić information content (AvgIpc) is 3.26. The fourth-order valence-corrected chi connectivity index (χ4v) is 4.14. The van der Waals surface area contributed by atoms with E-state index in [1.807, 2.05) is 6.07 Å². The maximum absolute atomic E-state index is 15.2. The molecule has 2 aromatic carbocycles. The standard InChI is InChI=1S/C18H12FN5O4S/c19-17-13(4-5-15(25)18(17)24-9-16(26)22-29(24,27)28)14-8-23(10-21-14)12-3-1-2-11(6-12)7-20/h1-6,8,10,25H,9H2,(H,22,26). The highest BCUT2D eigenvalue weighted by Gasteiger charge is 2.38. The second-order valence-electron chi connectivity index (χ2n) is 6.16. The van der Waals surface area contributed by atoms with Gasteiger partial charge in [-0.05, 0) is 30.3 Å². The lowest BCUT2D eigenvalue weighted by Gasteiger charge is -2.18. The summed E-state index contributed by atoms with van der Waals surface area (Å²) in [6.07, 6.45) is 2.91. The van der Waals surface area contributed by atoms with Crippen molar-refractivity contribution in [2.24, 2.45) is 0 Å². The molecule has 0 aliphatic carbocycles. The number of nitriles is 1. The molecule has 1 fully saturated rings. The van der Waals surface area contributed by atoms with Crippen LogP contribution in [0.5, 0.6) is 5.75 Å². The number of rotatable bonds is 3. The van der Waals surface area contributed by atoms with E-state index in [2.05, 4.69) is 4.98 Å². The van der Waals surface area contributed by atoms with Crippen molar-refractivity contribution in [1.82, 2.24) is 14.3 Å². The number of phenols is 1. The van der Waals surface area contributed by atoms with Gasteiger partial charge < -0.3 is 9.67 Å². The van der Waals surface area contributed by atoms with Gasteiger partial charge in [0.05, 0.1) is 23.7 Å². The second-order valence-corrected chi connectivity index (χ2v) is 7.76. The van der Waals surface area contributed by atoms with E-state index in [4.69, 9.17) is 5.26 Å². The number of carbonyl (C=O) groups is 1. The summed E-state index contributed by atoms with van der Waals surface area (Å²) in [5, 5.41) is 19.1. The summed E-state index contributed by atoms with van der Waals surface area (Å²) in [6, 6.07) is 11.1. The maximum Gasteiger partial charge on any atom is 0.326 e. The largest absolute Gasteiger partial charge is 0.506 e. The first-order chi connectivity index (χ1) is 13.8. The molecule has 1 aliphatic heterocycles. The van der Waals surface area contributed by atoms with Crippen LogP contribution in [0.15, 0.2) is 48.9 Å². The maximum atomic E-state index is 15.2. The number of hydrogen-bond donors (Lipinski definition) is 2. The van der Waals surface area contributed by atoms with Crippen LogP contribution in [-0.2, 0) is 15.0 Å². The zero-order valence-corrected chi connectivity index (χ0v) is 15.4. The molecule has 0 bridgehead atoms. The van der Waals surface area contributed by atoms with E-state index in [-0.39, 0.29) is 11.3 Å². The minimum atomic E-state index is -4.30. The number of aromatic hydroxyl groups is 1. The smallest absolute Gasteiger partial charge is 0.326 e. The molecule has 1 aliphatic rings. The highest BCUT2D eigenvalue weighted by Crippen LogP contribution is 2.38. The Bertz CT molecular complexity index is 1300.